The van der Waals surface area contributed by atoms with Gasteiger partial charge in [0.2, 0.25) is 0 Å². The van der Waals surface area contributed by atoms with Crippen LogP contribution in [-0.4, -0.2) is 27.6 Å². The van der Waals surface area contributed by atoms with Gasteiger partial charge < -0.3 is 9.30 Å². The van der Waals surface area contributed by atoms with Crippen LogP contribution < -0.4 is 0 Å². The zero-order valence-electron chi connectivity index (χ0n) is 11.5. The van der Waals surface area contributed by atoms with Crippen LogP contribution in [0.4, 0.5) is 0 Å². The quantitative estimate of drug-likeness (QED) is 0.769. The van der Waals surface area contributed by atoms with Gasteiger partial charge in [0, 0.05) is 23.4 Å². The summed E-state index contributed by atoms with van der Waals surface area (Å²) in [4.78, 5) is 4.72. The van der Waals surface area contributed by atoms with Gasteiger partial charge in [-0.2, -0.15) is 0 Å². The van der Waals surface area contributed by atoms with Gasteiger partial charge >= 0.3 is 0 Å². The highest BCUT2D eigenvalue weighted by Gasteiger charge is 2.31. The molecular formula is C15H18BrClN2O. The normalized spacial score (nSPS) is 22.8. The Morgan fingerprint density at radius 1 is 1.50 bits per heavy atom. The monoisotopic (exact) mass is 356 g/mol. The summed E-state index contributed by atoms with van der Waals surface area (Å²) in [6.45, 7) is 3.89. The predicted octanol–water partition coefficient (Wildman–Crippen LogP) is 4.15. The van der Waals surface area contributed by atoms with Crippen molar-refractivity contribution in [2.24, 2.45) is 0 Å². The number of ether oxygens (including phenoxy) is 1. The molecule has 2 heterocycles. The number of imidazole rings is 1. The molecule has 108 valence electrons. The molecule has 2 aromatic rings. The summed E-state index contributed by atoms with van der Waals surface area (Å²) < 4.78 is 9.27. The van der Waals surface area contributed by atoms with Crippen LogP contribution in [0.2, 0.25) is 0 Å². The smallest absolute Gasteiger partial charge is 0.111 e. The Balaban J connectivity index is 2.05. The fraction of sp³-hybridized carbons (Fsp3) is 0.533. The van der Waals surface area contributed by atoms with E-state index in [1.165, 1.54) is 0 Å². The molecule has 0 amide bonds. The van der Waals surface area contributed by atoms with E-state index in [1.54, 1.807) is 0 Å². The molecule has 1 aromatic carbocycles. The first-order valence-corrected chi connectivity index (χ1v) is 8.29. The number of aryl methyl sites for hydroxylation is 1. The largest absolute Gasteiger partial charge is 0.373 e. The van der Waals surface area contributed by atoms with E-state index in [1.807, 2.05) is 12.1 Å². The SMILES string of the molecule is CC1(Cn2c(CCCl)nc3ccc(Br)cc32)CCCO1. The van der Waals surface area contributed by atoms with Crippen molar-refractivity contribution >= 4 is 38.6 Å². The van der Waals surface area contributed by atoms with Crippen molar-refractivity contribution in [1.29, 1.82) is 0 Å². The molecule has 1 aromatic heterocycles. The first-order valence-electron chi connectivity index (χ1n) is 6.96. The molecule has 0 saturated carbocycles. The summed E-state index contributed by atoms with van der Waals surface area (Å²) in [5.74, 6) is 1.63. The maximum Gasteiger partial charge on any atom is 0.111 e. The summed E-state index contributed by atoms with van der Waals surface area (Å²) >= 11 is 9.47. The average molecular weight is 358 g/mol. The van der Waals surface area contributed by atoms with Gasteiger partial charge in [-0.15, -0.1) is 11.6 Å². The Morgan fingerprint density at radius 2 is 2.35 bits per heavy atom. The Hall–Kier alpha value is -0.580. The van der Waals surface area contributed by atoms with Gasteiger partial charge in [0.15, 0.2) is 0 Å². The van der Waals surface area contributed by atoms with E-state index in [-0.39, 0.29) is 5.60 Å². The summed E-state index contributed by atoms with van der Waals surface area (Å²) in [5.41, 5.74) is 2.09. The van der Waals surface area contributed by atoms with Crippen LogP contribution in [0.1, 0.15) is 25.6 Å². The second kappa shape index (κ2) is 5.66. The van der Waals surface area contributed by atoms with E-state index in [0.717, 1.165) is 53.7 Å². The average Bonchev–Trinajstić information content (AvgIpc) is 2.97. The van der Waals surface area contributed by atoms with Crippen molar-refractivity contribution < 1.29 is 4.74 Å². The minimum Gasteiger partial charge on any atom is -0.373 e. The molecule has 3 rings (SSSR count). The number of benzene rings is 1. The van der Waals surface area contributed by atoms with Crippen LogP contribution in [0.5, 0.6) is 0 Å². The summed E-state index contributed by atoms with van der Waals surface area (Å²) in [6.07, 6.45) is 3.02. The van der Waals surface area contributed by atoms with E-state index in [2.05, 4.69) is 33.5 Å². The molecule has 1 atom stereocenters. The molecule has 3 nitrogen and oxygen atoms in total. The molecule has 0 bridgehead atoms. The van der Waals surface area contributed by atoms with Crippen molar-refractivity contribution in [1.82, 2.24) is 9.55 Å². The molecule has 20 heavy (non-hydrogen) atoms. The number of hydrogen-bond donors (Lipinski definition) is 0. The van der Waals surface area contributed by atoms with Crippen molar-refractivity contribution in [3.8, 4) is 0 Å². The molecule has 1 aliphatic rings. The fourth-order valence-corrected chi connectivity index (χ4v) is 3.41. The van der Waals surface area contributed by atoms with Gasteiger partial charge in [0.25, 0.3) is 0 Å². The molecule has 0 spiro atoms. The van der Waals surface area contributed by atoms with Crippen LogP contribution in [-0.2, 0) is 17.7 Å². The first kappa shape index (κ1) is 14.4. The molecule has 0 aliphatic carbocycles. The van der Waals surface area contributed by atoms with E-state index < -0.39 is 0 Å². The Kier molecular flexibility index (Phi) is 4.07. The molecule has 0 radical (unpaired) electrons. The Bertz CT molecular complexity index is 620. The van der Waals surface area contributed by atoms with E-state index >= 15 is 0 Å². The molecule has 1 saturated heterocycles. The highest BCUT2D eigenvalue weighted by atomic mass is 79.9. The van der Waals surface area contributed by atoms with Crippen LogP contribution in [0.25, 0.3) is 11.0 Å². The van der Waals surface area contributed by atoms with Crippen LogP contribution in [0.15, 0.2) is 22.7 Å². The first-order chi connectivity index (χ1) is 9.61. The van der Waals surface area contributed by atoms with Crippen molar-refractivity contribution in [3.63, 3.8) is 0 Å². The number of fused-ring (bicyclic) bond motifs is 1. The Labute approximate surface area is 132 Å². The molecule has 5 heteroatoms. The third-order valence-corrected chi connectivity index (χ3v) is 4.58. The molecule has 1 aliphatic heterocycles. The molecular weight excluding hydrogens is 340 g/mol. The standard InChI is InChI=1S/C15H18BrClN2O/c1-15(6-2-8-20-15)10-19-13-9-11(16)3-4-12(13)18-14(19)5-7-17/h3-4,9H,2,5-8,10H2,1H3. The number of halogens is 2. The lowest BCUT2D eigenvalue weighted by molar-refractivity contribution is 0.00653. The zero-order chi connectivity index (χ0) is 14.2. The number of aromatic nitrogens is 2. The van der Waals surface area contributed by atoms with Crippen molar-refractivity contribution in [2.75, 3.05) is 12.5 Å². The lowest BCUT2D eigenvalue weighted by Crippen LogP contribution is -2.30. The van der Waals surface area contributed by atoms with Gasteiger partial charge in [-0.3, -0.25) is 0 Å². The summed E-state index contributed by atoms with van der Waals surface area (Å²) in [5, 5.41) is 0. The second-order valence-electron chi connectivity index (χ2n) is 5.59. The van der Waals surface area contributed by atoms with Crippen LogP contribution >= 0.6 is 27.5 Å². The second-order valence-corrected chi connectivity index (χ2v) is 6.88. The van der Waals surface area contributed by atoms with E-state index in [0.29, 0.717) is 5.88 Å². The molecule has 0 N–H and O–H groups in total. The van der Waals surface area contributed by atoms with Gasteiger partial charge in [-0.1, -0.05) is 15.9 Å². The van der Waals surface area contributed by atoms with Gasteiger partial charge in [-0.25, -0.2) is 4.98 Å². The lowest BCUT2D eigenvalue weighted by Gasteiger charge is -2.25. The number of nitrogens with zero attached hydrogens (tertiary/aromatic N) is 2. The topological polar surface area (TPSA) is 27.1 Å². The van der Waals surface area contributed by atoms with Gasteiger partial charge in [0.05, 0.1) is 23.2 Å². The van der Waals surface area contributed by atoms with E-state index in [4.69, 9.17) is 21.3 Å². The van der Waals surface area contributed by atoms with Crippen molar-refractivity contribution in [2.45, 2.75) is 38.3 Å². The van der Waals surface area contributed by atoms with E-state index in [9.17, 15) is 0 Å². The zero-order valence-corrected chi connectivity index (χ0v) is 13.9. The number of alkyl halides is 1. The predicted molar refractivity (Wildman–Crippen MR) is 85.4 cm³/mol. The van der Waals surface area contributed by atoms with Gasteiger partial charge in [0.1, 0.15) is 5.82 Å². The highest BCUT2D eigenvalue weighted by Crippen LogP contribution is 2.30. The maximum absolute atomic E-state index is 5.93. The lowest BCUT2D eigenvalue weighted by atomic mass is 10.0. The molecule has 1 unspecified atom stereocenters. The number of hydrogen-bond acceptors (Lipinski definition) is 2. The van der Waals surface area contributed by atoms with Crippen LogP contribution in [0, 0.1) is 0 Å². The minimum absolute atomic E-state index is 0.0863. The third kappa shape index (κ3) is 2.74. The molecule has 1 fully saturated rings. The highest BCUT2D eigenvalue weighted by molar-refractivity contribution is 9.10. The minimum atomic E-state index is -0.0863. The third-order valence-electron chi connectivity index (χ3n) is 3.90. The van der Waals surface area contributed by atoms with Crippen molar-refractivity contribution in [3.05, 3.63) is 28.5 Å². The fourth-order valence-electron chi connectivity index (χ4n) is 2.89. The van der Waals surface area contributed by atoms with Gasteiger partial charge in [-0.05, 0) is 38.0 Å². The Morgan fingerprint density at radius 3 is 3.05 bits per heavy atom. The number of rotatable bonds is 4. The maximum atomic E-state index is 5.93. The summed E-state index contributed by atoms with van der Waals surface area (Å²) in [7, 11) is 0. The van der Waals surface area contributed by atoms with Crippen LogP contribution in [0.3, 0.4) is 0 Å². The summed E-state index contributed by atoms with van der Waals surface area (Å²) in [6, 6.07) is 6.20.